The van der Waals surface area contributed by atoms with Gasteiger partial charge in [-0.3, -0.25) is 15.1 Å². The molecule has 0 saturated carbocycles. The fourth-order valence-corrected chi connectivity index (χ4v) is 1.58. The van der Waals surface area contributed by atoms with E-state index >= 15 is 0 Å². The Kier molecular flexibility index (Phi) is 5.03. The van der Waals surface area contributed by atoms with Gasteiger partial charge in [-0.05, 0) is 26.0 Å². The minimum atomic E-state index is -0.430. The summed E-state index contributed by atoms with van der Waals surface area (Å²) in [5.41, 5.74) is 0.918. The maximum Gasteiger partial charge on any atom is 0.287 e. The molecule has 2 unspecified atom stereocenters. The van der Waals surface area contributed by atoms with E-state index in [9.17, 15) is 10.1 Å². The second-order valence-corrected chi connectivity index (χ2v) is 4.23. The number of hydrogen-bond acceptors (Lipinski definition) is 4. The quantitative estimate of drug-likeness (QED) is 0.609. The molecule has 0 radical (unpaired) electrons. The van der Waals surface area contributed by atoms with Gasteiger partial charge >= 0.3 is 0 Å². The van der Waals surface area contributed by atoms with Crippen LogP contribution in [-0.2, 0) is 0 Å². The molecule has 0 aromatic carbocycles. The lowest BCUT2D eigenvalue weighted by Gasteiger charge is -2.20. The van der Waals surface area contributed by atoms with Gasteiger partial charge in [0, 0.05) is 23.7 Å². The Hall–Kier alpha value is -1.49. The van der Waals surface area contributed by atoms with Crippen molar-refractivity contribution in [1.82, 2.24) is 10.3 Å². The summed E-state index contributed by atoms with van der Waals surface area (Å²) in [6.45, 7) is 7.26. The summed E-state index contributed by atoms with van der Waals surface area (Å²) in [4.78, 5) is 14.2. The second-order valence-electron chi connectivity index (χ2n) is 4.23. The van der Waals surface area contributed by atoms with Crippen LogP contribution in [0.25, 0.3) is 0 Å². The molecule has 1 N–H and O–H groups in total. The highest BCUT2D eigenvalue weighted by atomic mass is 16.6. The van der Waals surface area contributed by atoms with Gasteiger partial charge in [-0.25, -0.2) is 0 Å². The number of nitrogens with zero attached hydrogens (tertiary/aromatic N) is 2. The molecule has 1 aromatic rings. The van der Waals surface area contributed by atoms with Crippen LogP contribution in [0.4, 0.5) is 5.69 Å². The third kappa shape index (κ3) is 3.78. The lowest BCUT2D eigenvalue weighted by Crippen LogP contribution is -2.31. The van der Waals surface area contributed by atoms with Gasteiger partial charge in [0.15, 0.2) is 0 Å². The zero-order chi connectivity index (χ0) is 12.8. The van der Waals surface area contributed by atoms with Crippen LogP contribution in [-0.4, -0.2) is 22.5 Å². The van der Waals surface area contributed by atoms with Crippen LogP contribution in [0.15, 0.2) is 18.3 Å². The Balaban J connectivity index is 2.68. The van der Waals surface area contributed by atoms with Crippen LogP contribution >= 0.6 is 0 Å². The molecule has 0 aliphatic carbocycles. The molecule has 1 heterocycles. The first-order valence-corrected chi connectivity index (χ1v) is 5.90. The van der Waals surface area contributed by atoms with Gasteiger partial charge in [-0.15, -0.1) is 0 Å². The van der Waals surface area contributed by atoms with Gasteiger partial charge in [0.1, 0.15) is 6.20 Å². The lowest BCUT2D eigenvalue weighted by molar-refractivity contribution is -0.385. The monoisotopic (exact) mass is 237 g/mol. The van der Waals surface area contributed by atoms with Crippen molar-refractivity contribution >= 4 is 5.69 Å². The average molecular weight is 237 g/mol. The smallest absolute Gasteiger partial charge is 0.287 e. The summed E-state index contributed by atoms with van der Waals surface area (Å²) in [7, 11) is 0. The molecule has 2 atom stereocenters. The first kappa shape index (κ1) is 13.6. The zero-order valence-electron chi connectivity index (χ0n) is 10.5. The van der Waals surface area contributed by atoms with E-state index in [1.165, 1.54) is 12.3 Å². The largest absolute Gasteiger partial charge is 0.314 e. The first-order chi connectivity index (χ1) is 8.06. The molecule has 1 rings (SSSR count). The van der Waals surface area contributed by atoms with E-state index in [0.29, 0.717) is 6.04 Å². The van der Waals surface area contributed by atoms with E-state index < -0.39 is 4.92 Å². The highest BCUT2D eigenvalue weighted by Gasteiger charge is 2.16. The Morgan fingerprint density at radius 3 is 2.65 bits per heavy atom. The van der Waals surface area contributed by atoms with E-state index in [-0.39, 0.29) is 11.6 Å². The fraction of sp³-hybridized carbons (Fsp3) is 0.583. The van der Waals surface area contributed by atoms with Gasteiger partial charge in [0.25, 0.3) is 5.69 Å². The van der Waals surface area contributed by atoms with Crippen LogP contribution in [0.1, 0.15) is 38.8 Å². The molecule has 0 aliphatic heterocycles. The molecular weight excluding hydrogens is 218 g/mol. The first-order valence-electron chi connectivity index (χ1n) is 5.90. The SMILES string of the molecule is CCCNC(C)C(C)c1ccc([N+](=O)[O-])cn1. The third-order valence-corrected chi connectivity index (χ3v) is 2.91. The number of aromatic nitrogens is 1. The predicted molar refractivity (Wildman–Crippen MR) is 67.1 cm³/mol. The molecule has 0 saturated heterocycles. The lowest BCUT2D eigenvalue weighted by atomic mass is 9.99. The van der Waals surface area contributed by atoms with E-state index in [4.69, 9.17) is 0 Å². The molecule has 5 heteroatoms. The van der Waals surface area contributed by atoms with E-state index in [1.807, 2.05) is 0 Å². The number of pyridine rings is 1. The highest BCUT2D eigenvalue weighted by molar-refractivity contribution is 5.28. The average Bonchev–Trinajstić information content (AvgIpc) is 2.35. The van der Waals surface area contributed by atoms with Crippen molar-refractivity contribution in [2.45, 2.75) is 39.2 Å². The van der Waals surface area contributed by atoms with Crippen molar-refractivity contribution in [3.63, 3.8) is 0 Å². The molecule has 0 aliphatic rings. The number of rotatable bonds is 6. The minimum Gasteiger partial charge on any atom is -0.314 e. The van der Waals surface area contributed by atoms with Crippen molar-refractivity contribution in [3.8, 4) is 0 Å². The topological polar surface area (TPSA) is 68.1 Å². The molecule has 94 valence electrons. The number of hydrogen-bond donors (Lipinski definition) is 1. The molecule has 0 bridgehead atoms. The Morgan fingerprint density at radius 1 is 1.47 bits per heavy atom. The normalized spacial score (nSPS) is 14.3. The Bertz CT molecular complexity index is 365. The summed E-state index contributed by atoms with van der Waals surface area (Å²) in [6.07, 6.45) is 2.41. The van der Waals surface area contributed by atoms with Crippen molar-refractivity contribution < 1.29 is 4.92 Å². The van der Waals surface area contributed by atoms with Crippen LogP contribution in [0, 0.1) is 10.1 Å². The molecule has 0 spiro atoms. The van der Waals surface area contributed by atoms with Crippen molar-refractivity contribution in [1.29, 1.82) is 0 Å². The summed E-state index contributed by atoms with van der Waals surface area (Å²) in [5, 5.41) is 13.9. The Morgan fingerprint density at radius 2 is 2.18 bits per heavy atom. The van der Waals surface area contributed by atoms with Gasteiger partial charge in [-0.1, -0.05) is 13.8 Å². The summed E-state index contributed by atoms with van der Waals surface area (Å²) in [6, 6.07) is 3.54. The van der Waals surface area contributed by atoms with E-state index in [2.05, 4.69) is 31.1 Å². The maximum absolute atomic E-state index is 10.5. The standard InChI is InChI=1S/C12H19N3O2/c1-4-7-13-10(3)9(2)12-6-5-11(8-14-12)15(16)17/h5-6,8-10,13H,4,7H2,1-3H3. The summed E-state index contributed by atoms with van der Waals surface area (Å²) in [5.74, 6) is 0.238. The van der Waals surface area contributed by atoms with Crippen LogP contribution in [0.2, 0.25) is 0 Å². The van der Waals surface area contributed by atoms with Crippen molar-refractivity contribution in [3.05, 3.63) is 34.1 Å². The molecule has 5 nitrogen and oxygen atoms in total. The van der Waals surface area contributed by atoms with Gasteiger partial charge in [0.2, 0.25) is 0 Å². The van der Waals surface area contributed by atoms with E-state index in [0.717, 1.165) is 18.7 Å². The Labute approximate surface area is 101 Å². The van der Waals surface area contributed by atoms with Crippen molar-refractivity contribution in [2.24, 2.45) is 0 Å². The number of nitro groups is 1. The van der Waals surface area contributed by atoms with Crippen molar-refractivity contribution in [2.75, 3.05) is 6.54 Å². The van der Waals surface area contributed by atoms with Gasteiger partial charge < -0.3 is 5.32 Å². The fourth-order valence-electron chi connectivity index (χ4n) is 1.58. The highest BCUT2D eigenvalue weighted by Crippen LogP contribution is 2.19. The number of nitrogens with one attached hydrogen (secondary N) is 1. The molecule has 0 fully saturated rings. The van der Waals surface area contributed by atoms with Crippen LogP contribution in [0.5, 0.6) is 0 Å². The van der Waals surface area contributed by atoms with Gasteiger partial charge in [0.05, 0.1) is 4.92 Å². The zero-order valence-corrected chi connectivity index (χ0v) is 10.5. The molecule has 1 aromatic heterocycles. The van der Waals surface area contributed by atoms with Crippen LogP contribution in [0.3, 0.4) is 0 Å². The maximum atomic E-state index is 10.5. The summed E-state index contributed by atoms with van der Waals surface area (Å²) >= 11 is 0. The predicted octanol–water partition coefficient (Wildman–Crippen LogP) is 2.48. The van der Waals surface area contributed by atoms with E-state index in [1.54, 1.807) is 6.07 Å². The minimum absolute atomic E-state index is 0.0371. The summed E-state index contributed by atoms with van der Waals surface area (Å²) < 4.78 is 0. The molecular formula is C12H19N3O2. The van der Waals surface area contributed by atoms with Crippen LogP contribution < -0.4 is 5.32 Å². The second kappa shape index (κ2) is 6.30. The molecule has 0 amide bonds. The third-order valence-electron chi connectivity index (χ3n) is 2.91. The van der Waals surface area contributed by atoms with Gasteiger partial charge in [-0.2, -0.15) is 0 Å². The molecule has 17 heavy (non-hydrogen) atoms.